The average Bonchev–Trinajstić information content (AvgIpc) is 2.65. The lowest BCUT2D eigenvalue weighted by molar-refractivity contribution is 0.419. The van der Waals surface area contributed by atoms with Crippen LogP contribution >= 0.6 is 0 Å². The van der Waals surface area contributed by atoms with Crippen LogP contribution in [0, 0.1) is 0 Å². The molecule has 0 aliphatic heterocycles. The summed E-state index contributed by atoms with van der Waals surface area (Å²) in [4.78, 5) is -1.99. The van der Waals surface area contributed by atoms with Crippen LogP contribution in [0.4, 0.5) is 11.4 Å². The quantitative estimate of drug-likeness (QED) is 0.214. The van der Waals surface area contributed by atoms with Gasteiger partial charge in [0.1, 0.15) is 10.6 Å². The lowest BCUT2D eigenvalue weighted by Crippen LogP contribution is -2.35. The molecular formula is C16H13BN2O9S2. The first-order valence-electron chi connectivity index (χ1n) is 8.01. The number of rotatable bonds is 5. The van der Waals surface area contributed by atoms with E-state index in [4.69, 9.17) is 0 Å². The van der Waals surface area contributed by atoms with Crippen LogP contribution in [0.3, 0.4) is 0 Å². The van der Waals surface area contributed by atoms with Crippen LogP contribution in [0.5, 0.6) is 5.75 Å². The Balaban J connectivity index is 2.48. The molecule has 0 unspecified atom stereocenters. The van der Waals surface area contributed by atoms with Gasteiger partial charge in [-0.25, -0.2) is 0 Å². The average molecular weight is 452 g/mol. The molecule has 0 aromatic heterocycles. The summed E-state index contributed by atoms with van der Waals surface area (Å²) in [6, 6.07) is 10.8. The molecule has 3 rings (SSSR count). The number of benzene rings is 3. The van der Waals surface area contributed by atoms with E-state index in [1.807, 2.05) is 0 Å². The second-order valence-corrected chi connectivity index (χ2v) is 8.79. The van der Waals surface area contributed by atoms with Crippen molar-refractivity contribution in [2.75, 3.05) is 0 Å². The maximum absolute atomic E-state index is 11.9. The minimum atomic E-state index is -5.24. The summed E-state index contributed by atoms with van der Waals surface area (Å²) in [5.41, 5.74) is -1.08. The van der Waals surface area contributed by atoms with Crippen molar-refractivity contribution >= 4 is 55.0 Å². The smallest absolute Gasteiger partial charge is 0.490 e. The second-order valence-electron chi connectivity index (χ2n) is 6.01. The van der Waals surface area contributed by atoms with Crippen LogP contribution in [-0.2, 0) is 20.2 Å². The Morgan fingerprint density at radius 1 is 0.800 bits per heavy atom. The Bertz CT molecular complexity index is 1370. The zero-order valence-corrected chi connectivity index (χ0v) is 16.4. The monoisotopic (exact) mass is 452 g/mol. The van der Waals surface area contributed by atoms with E-state index in [0.29, 0.717) is 5.69 Å². The van der Waals surface area contributed by atoms with E-state index in [-0.39, 0.29) is 5.39 Å². The van der Waals surface area contributed by atoms with Crippen LogP contribution in [0.2, 0.25) is 0 Å². The van der Waals surface area contributed by atoms with Crippen molar-refractivity contribution in [3.8, 4) is 5.75 Å². The molecule has 0 aliphatic rings. The Morgan fingerprint density at radius 2 is 1.43 bits per heavy atom. The number of nitrogens with zero attached hydrogens (tertiary/aromatic N) is 2. The minimum Gasteiger partial charge on any atom is -0.504 e. The first-order valence-corrected chi connectivity index (χ1v) is 10.9. The van der Waals surface area contributed by atoms with Gasteiger partial charge in [0.05, 0.1) is 10.6 Å². The number of fused-ring (bicyclic) bond motifs is 1. The van der Waals surface area contributed by atoms with Crippen molar-refractivity contribution < 1.29 is 41.1 Å². The lowest BCUT2D eigenvalue weighted by atomic mass is 9.76. The predicted octanol–water partition coefficient (Wildman–Crippen LogP) is 1.13. The normalized spacial score (nSPS) is 12.5. The fraction of sp³-hybridized carbons (Fsp3) is 0. The number of aromatic hydroxyl groups is 1. The van der Waals surface area contributed by atoms with Crippen LogP contribution in [0.25, 0.3) is 10.8 Å². The highest BCUT2D eigenvalue weighted by Gasteiger charge is 2.33. The maximum atomic E-state index is 11.9. The van der Waals surface area contributed by atoms with Gasteiger partial charge >= 0.3 is 7.12 Å². The van der Waals surface area contributed by atoms with Gasteiger partial charge in [0, 0.05) is 10.8 Å². The van der Waals surface area contributed by atoms with E-state index < -0.39 is 59.4 Å². The number of phenols is 1. The fourth-order valence-electron chi connectivity index (χ4n) is 2.82. The summed E-state index contributed by atoms with van der Waals surface area (Å²) in [6.45, 7) is 0. The van der Waals surface area contributed by atoms with Crippen molar-refractivity contribution in [1.82, 2.24) is 0 Å². The minimum absolute atomic E-state index is 0.130. The molecule has 0 spiro atoms. The molecule has 0 fully saturated rings. The van der Waals surface area contributed by atoms with Gasteiger partial charge in [0.15, 0.2) is 5.75 Å². The second kappa shape index (κ2) is 7.75. The summed E-state index contributed by atoms with van der Waals surface area (Å²) in [5, 5.41) is 36.9. The Kier molecular flexibility index (Phi) is 5.64. The van der Waals surface area contributed by atoms with Gasteiger partial charge in [0.25, 0.3) is 20.2 Å². The standard InChI is InChI=1S/C16H13BN2O9S2/c20-15-14(19-18-9-4-2-1-3-5-9)11-7-6-10(29(23,24)25)8-12(11)13(17(21)22)16(15)30(26,27)28/h1-8,20-22H,(H,23,24,25)(H,26,27,28). The van der Waals surface area contributed by atoms with Crippen LogP contribution in [0.1, 0.15) is 0 Å². The Morgan fingerprint density at radius 3 is 1.97 bits per heavy atom. The van der Waals surface area contributed by atoms with Gasteiger partial charge in [-0.2, -0.15) is 21.9 Å². The van der Waals surface area contributed by atoms with E-state index in [1.165, 1.54) is 0 Å². The predicted molar refractivity (Wildman–Crippen MR) is 106 cm³/mol. The van der Waals surface area contributed by atoms with E-state index in [9.17, 15) is 41.1 Å². The summed E-state index contributed by atoms with van der Waals surface area (Å²) in [6.07, 6.45) is 0. The van der Waals surface area contributed by atoms with Crippen LogP contribution < -0.4 is 5.46 Å². The molecule has 14 heteroatoms. The number of hydrogen-bond acceptors (Lipinski definition) is 9. The summed E-state index contributed by atoms with van der Waals surface area (Å²) < 4.78 is 65.5. The summed E-state index contributed by atoms with van der Waals surface area (Å²) >= 11 is 0. The highest BCUT2D eigenvalue weighted by atomic mass is 32.2. The van der Waals surface area contributed by atoms with E-state index in [1.54, 1.807) is 30.3 Å². The SMILES string of the molecule is O=S(=O)(O)c1ccc2c(N=Nc3ccccc3)c(O)c(S(=O)(=O)O)c(B(O)O)c2c1. The third-order valence-electron chi connectivity index (χ3n) is 4.06. The zero-order chi connectivity index (χ0) is 22.3. The van der Waals surface area contributed by atoms with Gasteiger partial charge in [-0.05, 0) is 29.7 Å². The van der Waals surface area contributed by atoms with E-state index >= 15 is 0 Å². The Hall–Kier alpha value is -2.88. The molecule has 5 N–H and O–H groups in total. The molecule has 0 atom stereocenters. The topological polar surface area (TPSA) is 194 Å². The Labute approximate surface area is 170 Å². The molecule has 0 radical (unpaired) electrons. The zero-order valence-electron chi connectivity index (χ0n) is 14.8. The van der Waals surface area contributed by atoms with Crippen molar-refractivity contribution in [2.24, 2.45) is 10.2 Å². The largest absolute Gasteiger partial charge is 0.504 e. The van der Waals surface area contributed by atoms with Crippen molar-refractivity contribution in [3.63, 3.8) is 0 Å². The van der Waals surface area contributed by atoms with Gasteiger partial charge in [-0.3, -0.25) is 9.11 Å². The third-order valence-corrected chi connectivity index (χ3v) is 5.83. The van der Waals surface area contributed by atoms with Gasteiger partial charge in [0.2, 0.25) is 0 Å². The molecule has 0 bridgehead atoms. The van der Waals surface area contributed by atoms with E-state index in [2.05, 4.69) is 10.2 Å². The van der Waals surface area contributed by atoms with E-state index in [0.717, 1.165) is 18.2 Å². The highest BCUT2D eigenvalue weighted by Crippen LogP contribution is 2.41. The molecule has 0 saturated carbocycles. The van der Waals surface area contributed by atoms with Crippen LogP contribution in [0.15, 0.2) is 68.6 Å². The molecule has 0 amide bonds. The third kappa shape index (κ3) is 4.18. The molecule has 3 aromatic rings. The molecule has 3 aromatic carbocycles. The molecule has 30 heavy (non-hydrogen) atoms. The molecule has 0 aliphatic carbocycles. The molecule has 11 nitrogen and oxygen atoms in total. The highest BCUT2D eigenvalue weighted by molar-refractivity contribution is 7.86. The number of azo groups is 1. The van der Waals surface area contributed by atoms with Gasteiger partial charge in [-0.1, -0.05) is 24.3 Å². The first-order chi connectivity index (χ1) is 13.9. The van der Waals surface area contributed by atoms with Gasteiger partial charge in [-0.15, -0.1) is 5.11 Å². The molecule has 156 valence electrons. The van der Waals surface area contributed by atoms with Crippen molar-refractivity contribution in [1.29, 1.82) is 0 Å². The van der Waals surface area contributed by atoms with Gasteiger partial charge < -0.3 is 15.2 Å². The fourth-order valence-corrected chi connectivity index (χ4v) is 4.16. The first kappa shape index (κ1) is 21.8. The summed E-state index contributed by atoms with van der Waals surface area (Å²) in [5.74, 6) is -1.13. The molecule has 0 heterocycles. The van der Waals surface area contributed by atoms with Crippen LogP contribution in [-0.4, -0.2) is 48.2 Å². The van der Waals surface area contributed by atoms with Crippen molar-refractivity contribution in [3.05, 3.63) is 48.5 Å². The molecular weight excluding hydrogens is 439 g/mol. The molecule has 0 saturated heterocycles. The number of phenolic OH excluding ortho intramolecular Hbond substituents is 1. The number of hydrogen-bond donors (Lipinski definition) is 5. The summed E-state index contributed by atoms with van der Waals surface area (Å²) in [7, 11) is -12.5. The lowest BCUT2D eigenvalue weighted by Gasteiger charge is -2.15. The maximum Gasteiger partial charge on any atom is 0.490 e. The van der Waals surface area contributed by atoms with Crippen molar-refractivity contribution in [2.45, 2.75) is 9.79 Å².